The van der Waals surface area contributed by atoms with Crippen LogP contribution in [-0.4, -0.2) is 368 Å². The summed E-state index contributed by atoms with van der Waals surface area (Å²) < 4.78 is 79.5. The molecule has 35 heteroatoms. The van der Waals surface area contributed by atoms with Gasteiger partial charge >= 0.3 is 0 Å². The second-order valence-corrected chi connectivity index (χ2v) is 19.7. The summed E-state index contributed by atoms with van der Waals surface area (Å²) in [6.07, 6.45) is -70.2. The molecule has 0 aromatic rings. The Morgan fingerprint density at radius 1 is 0.156 bits per heavy atom. The molecule has 21 rings (SSSR count). The van der Waals surface area contributed by atoms with Crippen LogP contribution in [0.1, 0.15) is 0 Å². The SMILES string of the molecule is OC[C@@H]1O[C@H]2O[C@H]3[C@@H](O)[C@H](O)[C@H](O[C@H]4[C@@H](O)[C@H](O)[C@H](O[C@H]5[C@@H](O)[C@H](O)[C@H](O[C@H]6[C@H](O)[C@@H](O)[C@H](O[C@H]7[C@H](O)[C@@H](O)[C@H](O[C@H]8[C@H](O)[C@@H](O)[C@H](O[C@H]1[C@H](O)[C@H]2O)O[C@@H]8CO)O[C@@H]7CO)O[C@@H]6CO)O[C@@H]5CO)O[C@@H]4CO)O[C@@H]3CO. The van der Waals surface area contributed by atoms with E-state index in [9.17, 15) is 107 Å². The lowest BCUT2D eigenvalue weighted by Gasteiger charge is -2.50. The molecule has 35 atom stereocenters. The topological polar surface area (TPSA) is 554 Å². The van der Waals surface area contributed by atoms with Gasteiger partial charge in [0.15, 0.2) is 44.0 Å². The minimum absolute atomic E-state index is 1.05. The summed E-state index contributed by atoms with van der Waals surface area (Å²) in [4.78, 5) is 0. The second kappa shape index (κ2) is 26.0. The fourth-order valence-corrected chi connectivity index (χ4v) is 10.4. The van der Waals surface area contributed by atoms with E-state index in [1.54, 1.807) is 0 Å². The second-order valence-electron chi connectivity index (χ2n) is 19.7. The van der Waals surface area contributed by atoms with Crippen LogP contribution in [0.25, 0.3) is 0 Å². The zero-order valence-corrected chi connectivity index (χ0v) is 40.3. The molecule has 0 saturated carbocycles. The van der Waals surface area contributed by atoms with Crippen molar-refractivity contribution in [2.75, 3.05) is 46.2 Å². The highest BCUT2D eigenvalue weighted by molar-refractivity contribution is 5.01. The number of ether oxygens (including phenoxy) is 14. The Bertz CT molecular complexity index is 1470. The fraction of sp³-hybridized carbons (Fsp3) is 1.00. The third kappa shape index (κ3) is 12.1. The first-order chi connectivity index (χ1) is 36.7. The molecule has 0 spiro atoms. The van der Waals surface area contributed by atoms with E-state index in [0.717, 1.165) is 0 Å². The lowest BCUT2D eigenvalue weighted by Crippen LogP contribution is -2.68. The van der Waals surface area contributed by atoms with Crippen molar-refractivity contribution in [1.82, 2.24) is 0 Å². The molecule has 21 N–H and O–H groups in total. The molecule has 0 aliphatic carbocycles. The Balaban J connectivity index is 1.08. The van der Waals surface area contributed by atoms with Crippen molar-refractivity contribution < 1.29 is 174 Å². The van der Waals surface area contributed by atoms with Crippen LogP contribution in [0.2, 0.25) is 0 Å². The monoisotopic (exact) mass is 1130 g/mol. The van der Waals surface area contributed by atoms with Crippen LogP contribution in [0.5, 0.6) is 0 Å². The summed E-state index contributed by atoms with van der Waals surface area (Å²) in [7, 11) is 0. The van der Waals surface area contributed by atoms with Gasteiger partial charge < -0.3 is 174 Å². The summed E-state index contributed by atoms with van der Waals surface area (Å²) in [5.74, 6) is 0. The van der Waals surface area contributed by atoms with Crippen LogP contribution in [0, 0.1) is 0 Å². The summed E-state index contributed by atoms with van der Waals surface area (Å²) >= 11 is 0. The first-order valence-electron chi connectivity index (χ1n) is 24.6. The maximum atomic E-state index is 11.3. The number of hydrogen-bond acceptors (Lipinski definition) is 35. The van der Waals surface area contributed by atoms with Crippen LogP contribution in [0.15, 0.2) is 0 Å². The molecular weight excluding hydrogens is 1060 g/mol. The Hall–Kier alpha value is -1.40. The molecule has 21 aliphatic heterocycles. The van der Waals surface area contributed by atoms with Gasteiger partial charge in [-0.3, -0.25) is 0 Å². The Kier molecular flexibility index (Phi) is 20.8. The number of aliphatic hydroxyl groups excluding tert-OH is 21. The smallest absolute Gasteiger partial charge is 0.187 e. The predicted molar refractivity (Wildman–Crippen MR) is 228 cm³/mol. The minimum Gasteiger partial charge on any atom is -0.394 e. The summed E-state index contributed by atoms with van der Waals surface area (Å²) in [5.41, 5.74) is 0. The van der Waals surface area contributed by atoms with Gasteiger partial charge in [-0.1, -0.05) is 0 Å². The molecule has 0 radical (unpaired) electrons. The van der Waals surface area contributed by atoms with Gasteiger partial charge in [0.2, 0.25) is 0 Å². The fourth-order valence-electron chi connectivity index (χ4n) is 10.4. The molecule has 0 aromatic heterocycles. The Labute approximate surface area is 434 Å². The largest absolute Gasteiger partial charge is 0.394 e. The van der Waals surface area contributed by atoms with Crippen molar-refractivity contribution in [2.45, 2.75) is 215 Å². The van der Waals surface area contributed by atoms with Gasteiger partial charge in [-0.2, -0.15) is 0 Å². The van der Waals surface area contributed by atoms with Crippen molar-refractivity contribution in [3.63, 3.8) is 0 Å². The van der Waals surface area contributed by atoms with Crippen LogP contribution in [-0.2, 0) is 66.3 Å². The zero-order valence-electron chi connectivity index (χ0n) is 40.3. The van der Waals surface area contributed by atoms with Crippen molar-refractivity contribution >= 4 is 0 Å². The first kappa shape index (κ1) is 61.7. The summed E-state index contributed by atoms with van der Waals surface area (Å²) in [5, 5.41) is 230. The lowest BCUT2D eigenvalue weighted by atomic mass is 9.95. The highest BCUT2D eigenvalue weighted by atomic mass is 16.8. The third-order valence-corrected chi connectivity index (χ3v) is 14.8. The molecule has 35 nitrogen and oxygen atoms in total. The van der Waals surface area contributed by atoms with E-state index in [1.165, 1.54) is 0 Å². The molecule has 21 saturated heterocycles. The molecule has 0 unspecified atom stereocenters. The van der Waals surface area contributed by atoms with Gasteiger partial charge in [-0.05, 0) is 0 Å². The van der Waals surface area contributed by atoms with Gasteiger partial charge in [-0.25, -0.2) is 0 Å². The van der Waals surface area contributed by atoms with Gasteiger partial charge in [0.05, 0.1) is 46.2 Å². The highest BCUT2D eigenvalue weighted by Gasteiger charge is 2.59. The van der Waals surface area contributed by atoms with E-state index in [0.29, 0.717) is 0 Å². The molecule has 0 aromatic carbocycles. The zero-order chi connectivity index (χ0) is 56.1. The Morgan fingerprint density at radius 2 is 0.260 bits per heavy atom. The maximum absolute atomic E-state index is 11.3. The normalized spacial score (nSPS) is 55.4. The Morgan fingerprint density at radius 3 is 0.351 bits per heavy atom. The molecule has 77 heavy (non-hydrogen) atoms. The van der Waals surface area contributed by atoms with Gasteiger partial charge in [0.1, 0.15) is 171 Å². The third-order valence-electron chi connectivity index (χ3n) is 14.8. The molecule has 21 heterocycles. The van der Waals surface area contributed by atoms with E-state index in [2.05, 4.69) is 0 Å². The average molecular weight is 1130 g/mol. The lowest BCUT2D eigenvalue weighted by molar-refractivity contribution is -0.396. The van der Waals surface area contributed by atoms with Crippen molar-refractivity contribution in [2.24, 2.45) is 0 Å². The van der Waals surface area contributed by atoms with Gasteiger partial charge in [0.25, 0.3) is 0 Å². The number of aliphatic hydroxyl groups is 21. The van der Waals surface area contributed by atoms with E-state index in [1.807, 2.05) is 0 Å². The molecule has 21 aliphatic rings. The van der Waals surface area contributed by atoms with E-state index in [-0.39, 0.29) is 0 Å². The van der Waals surface area contributed by atoms with Crippen LogP contribution in [0.3, 0.4) is 0 Å². The van der Waals surface area contributed by atoms with Crippen LogP contribution in [0.4, 0.5) is 0 Å². The number of hydrogen-bond donors (Lipinski definition) is 21. The molecule has 21 fully saturated rings. The molecular formula is C42H70O35. The van der Waals surface area contributed by atoms with E-state index < -0.39 is 261 Å². The van der Waals surface area contributed by atoms with Gasteiger partial charge in [0, 0.05) is 0 Å². The predicted octanol–water partition coefficient (Wildman–Crippen LogP) is -15.2. The average Bonchev–Trinajstić information content (AvgIpc) is 3.45. The van der Waals surface area contributed by atoms with E-state index >= 15 is 0 Å². The first-order valence-corrected chi connectivity index (χ1v) is 24.6. The van der Waals surface area contributed by atoms with Crippen LogP contribution >= 0.6 is 0 Å². The molecule has 14 bridgehead atoms. The maximum Gasteiger partial charge on any atom is 0.187 e. The van der Waals surface area contributed by atoms with Crippen molar-refractivity contribution in [1.29, 1.82) is 0 Å². The van der Waals surface area contributed by atoms with Crippen LogP contribution < -0.4 is 0 Å². The summed E-state index contributed by atoms with van der Waals surface area (Å²) in [6.45, 7) is -7.33. The quantitative estimate of drug-likeness (QED) is 0.113. The molecule has 448 valence electrons. The molecule has 0 amide bonds. The highest BCUT2D eigenvalue weighted by Crippen LogP contribution is 2.39. The van der Waals surface area contributed by atoms with Crippen molar-refractivity contribution in [3.8, 4) is 0 Å². The minimum atomic E-state index is -2.21. The standard InChI is InChI=1S/C42H70O35/c43-1-8-29-15(50)22(57)36(64-8)72-30-9(2-44)66-38(24(59)17(30)52)74-32-11(4-46)68-40(26(61)19(32)54)76-34-13(6-48)70-42(28(63)21(34)56)77-35-14(7-49)69-41(27(62)20(35)55)75-33-12(5-47)67-39(25(60)18(33)53)73-31-10(3-45)65-37(71-29)23(58)16(31)51/h8-63H,1-7H2/t8-,9-,10-,11-,12-,13-,14+,15+,16+,17-,18+,19-,20-,21-,22+,23+,24-,25+,26-,27-,28-,29-,30-,31-,32-,33-,34-,35-,36+,37+,38+,39+,40+,41+,42+/m1/s1. The van der Waals surface area contributed by atoms with E-state index in [4.69, 9.17) is 66.3 Å². The summed E-state index contributed by atoms with van der Waals surface area (Å²) in [6, 6.07) is 0. The van der Waals surface area contributed by atoms with Gasteiger partial charge in [-0.15, -0.1) is 0 Å². The van der Waals surface area contributed by atoms with Crippen molar-refractivity contribution in [3.05, 3.63) is 0 Å². The number of rotatable bonds is 7.